The molecule has 3 nitrogen and oxygen atoms in total. The van der Waals surface area contributed by atoms with E-state index in [1.165, 1.54) is 0 Å². The Morgan fingerprint density at radius 2 is 1.76 bits per heavy atom. The fourth-order valence-corrected chi connectivity index (χ4v) is 2.43. The maximum Gasteiger partial charge on any atom is 0.415 e. The van der Waals surface area contributed by atoms with E-state index in [1.54, 1.807) is 12.1 Å². The van der Waals surface area contributed by atoms with Gasteiger partial charge in [-0.05, 0) is 42.7 Å². The molecule has 4 heteroatoms. The van der Waals surface area contributed by atoms with Crippen LogP contribution >= 0.6 is 15.9 Å². The third-order valence-corrected chi connectivity index (χ3v) is 3.97. The van der Waals surface area contributed by atoms with E-state index in [0.29, 0.717) is 18.3 Å². The Balaban J connectivity index is 1.69. The van der Waals surface area contributed by atoms with E-state index in [2.05, 4.69) is 15.9 Å². The van der Waals surface area contributed by atoms with Gasteiger partial charge >= 0.3 is 6.09 Å². The topological polar surface area (TPSA) is 29.5 Å². The average molecular weight is 346 g/mol. The van der Waals surface area contributed by atoms with Crippen molar-refractivity contribution in [1.29, 1.82) is 0 Å². The van der Waals surface area contributed by atoms with Crippen molar-refractivity contribution in [2.24, 2.45) is 0 Å². The number of carbonyl (C=O) groups is 1. The molecule has 0 spiro atoms. The first-order chi connectivity index (χ1) is 10.2. The molecule has 1 aliphatic rings. The van der Waals surface area contributed by atoms with Crippen LogP contribution in [0, 0.1) is 0 Å². The van der Waals surface area contributed by atoms with Gasteiger partial charge in [-0.25, -0.2) is 4.79 Å². The molecule has 0 N–H and O–H groups in total. The number of rotatable bonds is 4. The standard InChI is InChI=1S/C17H16BrNO2/c18-14-8-6-13(7-9-14)12-19(15-10-11-15)17(20)21-16-4-2-1-3-5-16/h1-9,15H,10-12H2. The number of ether oxygens (including phenoxy) is 1. The number of carbonyl (C=O) groups excluding carboxylic acids is 1. The molecule has 2 aromatic carbocycles. The normalized spacial score (nSPS) is 13.8. The zero-order valence-electron chi connectivity index (χ0n) is 11.5. The third-order valence-electron chi connectivity index (χ3n) is 3.44. The van der Waals surface area contributed by atoms with E-state index in [4.69, 9.17) is 4.74 Å². The van der Waals surface area contributed by atoms with Crippen LogP contribution < -0.4 is 4.74 Å². The number of benzene rings is 2. The molecule has 0 heterocycles. The molecule has 0 aliphatic heterocycles. The zero-order chi connectivity index (χ0) is 14.7. The van der Waals surface area contributed by atoms with Crippen LogP contribution in [-0.4, -0.2) is 17.0 Å². The average Bonchev–Trinajstić information content (AvgIpc) is 3.32. The van der Waals surface area contributed by atoms with Crippen molar-refractivity contribution in [3.63, 3.8) is 0 Å². The Labute approximate surface area is 132 Å². The molecule has 0 saturated heterocycles. The van der Waals surface area contributed by atoms with Crippen LogP contribution in [0.4, 0.5) is 4.79 Å². The second-order valence-electron chi connectivity index (χ2n) is 5.17. The monoisotopic (exact) mass is 345 g/mol. The van der Waals surface area contributed by atoms with E-state index in [1.807, 2.05) is 47.4 Å². The number of para-hydroxylation sites is 1. The lowest BCUT2D eigenvalue weighted by molar-refractivity contribution is 0.146. The van der Waals surface area contributed by atoms with Gasteiger partial charge in [-0.1, -0.05) is 46.3 Å². The maximum absolute atomic E-state index is 12.4. The van der Waals surface area contributed by atoms with Gasteiger partial charge in [0, 0.05) is 17.1 Å². The van der Waals surface area contributed by atoms with Crippen molar-refractivity contribution in [3.8, 4) is 5.75 Å². The van der Waals surface area contributed by atoms with Crippen molar-refractivity contribution in [3.05, 3.63) is 64.6 Å². The highest BCUT2D eigenvalue weighted by Gasteiger charge is 2.33. The molecule has 3 rings (SSSR count). The van der Waals surface area contributed by atoms with Gasteiger partial charge in [-0.2, -0.15) is 0 Å². The summed E-state index contributed by atoms with van der Waals surface area (Å²) in [5.41, 5.74) is 1.11. The lowest BCUT2D eigenvalue weighted by Crippen LogP contribution is -2.34. The van der Waals surface area contributed by atoms with E-state index in [-0.39, 0.29) is 6.09 Å². The van der Waals surface area contributed by atoms with Crippen LogP contribution in [0.1, 0.15) is 18.4 Å². The Hall–Kier alpha value is -1.81. The molecule has 1 fully saturated rings. The summed E-state index contributed by atoms with van der Waals surface area (Å²) in [4.78, 5) is 14.2. The second kappa shape index (κ2) is 6.31. The third kappa shape index (κ3) is 3.85. The molecule has 21 heavy (non-hydrogen) atoms. The lowest BCUT2D eigenvalue weighted by atomic mass is 10.2. The predicted molar refractivity (Wildman–Crippen MR) is 85.2 cm³/mol. The minimum Gasteiger partial charge on any atom is -0.410 e. The summed E-state index contributed by atoms with van der Waals surface area (Å²) in [5.74, 6) is 0.587. The molecule has 0 atom stereocenters. The molecule has 1 amide bonds. The van der Waals surface area contributed by atoms with Gasteiger partial charge in [0.15, 0.2) is 0 Å². The largest absolute Gasteiger partial charge is 0.415 e. The first-order valence-corrected chi connectivity index (χ1v) is 7.79. The van der Waals surface area contributed by atoms with Crippen LogP contribution in [-0.2, 0) is 6.54 Å². The highest BCUT2D eigenvalue weighted by atomic mass is 79.9. The first kappa shape index (κ1) is 14.1. The van der Waals surface area contributed by atoms with Crippen molar-refractivity contribution in [1.82, 2.24) is 4.90 Å². The van der Waals surface area contributed by atoms with Crippen LogP contribution in [0.15, 0.2) is 59.1 Å². The van der Waals surface area contributed by atoms with Gasteiger partial charge in [0.1, 0.15) is 5.75 Å². The van der Waals surface area contributed by atoms with Crippen LogP contribution in [0.2, 0.25) is 0 Å². The maximum atomic E-state index is 12.4. The van der Waals surface area contributed by atoms with E-state index < -0.39 is 0 Å². The van der Waals surface area contributed by atoms with Crippen molar-refractivity contribution in [2.45, 2.75) is 25.4 Å². The van der Waals surface area contributed by atoms with E-state index in [9.17, 15) is 4.79 Å². The molecule has 0 radical (unpaired) electrons. The van der Waals surface area contributed by atoms with Gasteiger partial charge in [0.2, 0.25) is 0 Å². The Morgan fingerprint density at radius 3 is 2.38 bits per heavy atom. The van der Waals surface area contributed by atoms with Gasteiger partial charge in [0.05, 0.1) is 0 Å². The Kier molecular flexibility index (Phi) is 4.25. The molecule has 1 saturated carbocycles. The molecule has 1 aliphatic carbocycles. The number of hydrogen-bond donors (Lipinski definition) is 0. The number of nitrogens with zero attached hydrogens (tertiary/aromatic N) is 1. The molecule has 0 aromatic heterocycles. The summed E-state index contributed by atoms with van der Waals surface area (Å²) in [5, 5.41) is 0. The minimum absolute atomic E-state index is 0.272. The summed E-state index contributed by atoms with van der Waals surface area (Å²) >= 11 is 3.42. The van der Waals surface area contributed by atoms with Gasteiger partial charge in [-0.15, -0.1) is 0 Å². The molecular weight excluding hydrogens is 330 g/mol. The molecule has 0 bridgehead atoms. The van der Waals surface area contributed by atoms with Crippen LogP contribution in [0.3, 0.4) is 0 Å². The SMILES string of the molecule is O=C(Oc1ccccc1)N(Cc1ccc(Br)cc1)C1CC1. The number of halogens is 1. The highest BCUT2D eigenvalue weighted by Crippen LogP contribution is 2.29. The fraction of sp³-hybridized carbons (Fsp3) is 0.235. The Morgan fingerprint density at radius 1 is 1.10 bits per heavy atom. The first-order valence-electron chi connectivity index (χ1n) is 7.00. The quantitative estimate of drug-likeness (QED) is 0.809. The fourth-order valence-electron chi connectivity index (χ4n) is 2.16. The van der Waals surface area contributed by atoms with Gasteiger partial charge in [-0.3, -0.25) is 0 Å². The smallest absolute Gasteiger partial charge is 0.410 e. The summed E-state index contributed by atoms with van der Waals surface area (Å²) < 4.78 is 6.49. The molecular formula is C17H16BrNO2. The van der Waals surface area contributed by atoms with Crippen molar-refractivity contribution >= 4 is 22.0 Å². The van der Waals surface area contributed by atoms with Crippen molar-refractivity contribution < 1.29 is 9.53 Å². The van der Waals surface area contributed by atoms with E-state index >= 15 is 0 Å². The van der Waals surface area contributed by atoms with Crippen LogP contribution in [0.5, 0.6) is 5.75 Å². The summed E-state index contributed by atoms with van der Waals surface area (Å²) in [6.45, 7) is 0.587. The minimum atomic E-state index is -0.272. The summed E-state index contributed by atoms with van der Waals surface area (Å²) in [6.07, 6.45) is 1.84. The Bertz CT molecular complexity index is 608. The second-order valence-corrected chi connectivity index (χ2v) is 6.08. The predicted octanol–water partition coefficient (Wildman–Crippen LogP) is 4.61. The molecule has 0 unspecified atom stereocenters. The summed E-state index contributed by atoms with van der Waals surface area (Å²) in [7, 11) is 0. The van der Waals surface area contributed by atoms with E-state index in [0.717, 1.165) is 22.9 Å². The molecule has 108 valence electrons. The van der Waals surface area contributed by atoms with Gasteiger partial charge < -0.3 is 9.64 Å². The van der Waals surface area contributed by atoms with Crippen molar-refractivity contribution in [2.75, 3.05) is 0 Å². The number of amides is 1. The zero-order valence-corrected chi connectivity index (χ0v) is 13.1. The molecule has 2 aromatic rings. The lowest BCUT2D eigenvalue weighted by Gasteiger charge is -2.21. The van der Waals surface area contributed by atoms with Crippen LogP contribution in [0.25, 0.3) is 0 Å². The summed E-state index contributed by atoms with van der Waals surface area (Å²) in [6, 6.07) is 17.5. The van der Waals surface area contributed by atoms with Gasteiger partial charge in [0.25, 0.3) is 0 Å². The number of hydrogen-bond acceptors (Lipinski definition) is 2. The highest BCUT2D eigenvalue weighted by molar-refractivity contribution is 9.10.